The Labute approximate surface area is 106 Å². The first-order valence-corrected chi connectivity index (χ1v) is 7.46. The van der Waals surface area contributed by atoms with Gasteiger partial charge in [-0.1, -0.05) is 13.3 Å². The first-order valence-electron chi connectivity index (χ1n) is 7.46. The minimum atomic E-state index is 0.418. The molecule has 2 heterocycles. The molecule has 0 aromatic heterocycles. The van der Waals surface area contributed by atoms with Gasteiger partial charge in [0.05, 0.1) is 12.2 Å². The third kappa shape index (κ3) is 4.26. The fourth-order valence-corrected chi connectivity index (χ4v) is 3.00. The monoisotopic (exact) mass is 239 g/mol. The number of rotatable bonds is 5. The summed E-state index contributed by atoms with van der Waals surface area (Å²) in [4.78, 5) is 0. The first-order chi connectivity index (χ1) is 8.40. The van der Waals surface area contributed by atoms with Crippen molar-refractivity contribution >= 4 is 0 Å². The van der Waals surface area contributed by atoms with Crippen molar-refractivity contribution in [2.24, 2.45) is 5.92 Å². The minimum absolute atomic E-state index is 0.418. The van der Waals surface area contributed by atoms with Gasteiger partial charge in [-0.25, -0.2) is 0 Å². The van der Waals surface area contributed by atoms with Crippen LogP contribution in [0.1, 0.15) is 58.3 Å². The van der Waals surface area contributed by atoms with Gasteiger partial charge in [0.15, 0.2) is 0 Å². The average Bonchev–Trinajstić information content (AvgIpc) is 2.42. The van der Waals surface area contributed by atoms with Gasteiger partial charge in [-0.2, -0.15) is 0 Å². The molecule has 0 spiro atoms. The van der Waals surface area contributed by atoms with Gasteiger partial charge in [-0.15, -0.1) is 0 Å². The number of ether oxygens (including phenoxy) is 2. The standard InChI is InChI=1S/C15H27O2/c1-2-13(15-8-4-6-12-17-15)9-10-14-7-3-5-11-16-14/h10,13-15H,2-9,11-12H2,1H3. The third-order valence-corrected chi connectivity index (χ3v) is 4.18. The molecule has 2 fully saturated rings. The van der Waals surface area contributed by atoms with E-state index >= 15 is 0 Å². The van der Waals surface area contributed by atoms with E-state index in [0.717, 1.165) is 13.2 Å². The Balaban J connectivity index is 1.70. The maximum Gasteiger partial charge on any atom is 0.0607 e. The summed E-state index contributed by atoms with van der Waals surface area (Å²) in [5, 5.41) is 0. The van der Waals surface area contributed by atoms with Crippen LogP contribution in [0.2, 0.25) is 0 Å². The smallest absolute Gasteiger partial charge is 0.0607 e. The summed E-state index contributed by atoms with van der Waals surface area (Å²) in [7, 11) is 0. The molecule has 0 aliphatic carbocycles. The average molecular weight is 239 g/mol. The summed E-state index contributed by atoms with van der Waals surface area (Å²) in [6, 6.07) is 0. The molecule has 2 aliphatic rings. The largest absolute Gasteiger partial charge is 0.378 e. The van der Waals surface area contributed by atoms with E-state index in [1.165, 1.54) is 51.4 Å². The molecular formula is C15H27O2. The van der Waals surface area contributed by atoms with Gasteiger partial charge in [-0.05, 0) is 57.3 Å². The van der Waals surface area contributed by atoms with Crippen molar-refractivity contribution in [3.05, 3.63) is 6.42 Å². The zero-order chi connectivity index (χ0) is 11.9. The second kappa shape index (κ2) is 7.38. The molecule has 99 valence electrons. The van der Waals surface area contributed by atoms with Crippen molar-refractivity contribution in [1.82, 2.24) is 0 Å². The molecule has 2 rings (SSSR count). The van der Waals surface area contributed by atoms with Crippen molar-refractivity contribution in [1.29, 1.82) is 0 Å². The summed E-state index contributed by atoms with van der Waals surface area (Å²) >= 11 is 0. The van der Waals surface area contributed by atoms with Gasteiger partial charge >= 0.3 is 0 Å². The van der Waals surface area contributed by atoms with E-state index in [1.54, 1.807) is 0 Å². The van der Waals surface area contributed by atoms with Crippen molar-refractivity contribution in [3.8, 4) is 0 Å². The van der Waals surface area contributed by atoms with Crippen LogP contribution in [-0.2, 0) is 9.47 Å². The van der Waals surface area contributed by atoms with Crippen LogP contribution in [0, 0.1) is 12.3 Å². The lowest BCUT2D eigenvalue weighted by Crippen LogP contribution is -2.29. The Kier molecular flexibility index (Phi) is 5.79. The van der Waals surface area contributed by atoms with Crippen molar-refractivity contribution in [2.45, 2.75) is 70.5 Å². The zero-order valence-electron chi connectivity index (χ0n) is 11.2. The summed E-state index contributed by atoms with van der Waals surface area (Å²) in [5.74, 6) is 0.709. The third-order valence-electron chi connectivity index (χ3n) is 4.18. The maximum absolute atomic E-state index is 5.91. The van der Waals surface area contributed by atoms with Crippen molar-refractivity contribution < 1.29 is 9.47 Å². The van der Waals surface area contributed by atoms with Crippen molar-refractivity contribution in [3.63, 3.8) is 0 Å². The van der Waals surface area contributed by atoms with Gasteiger partial charge in [0, 0.05) is 13.2 Å². The molecule has 0 aromatic rings. The molecule has 0 N–H and O–H groups in total. The van der Waals surface area contributed by atoms with Crippen LogP contribution in [0.25, 0.3) is 0 Å². The second-order valence-electron chi connectivity index (χ2n) is 5.45. The molecule has 17 heavy (non-hydrogen) atoms. The van der Waals surface area contributed by atoms with Crippen LogP contribution < -0.4 is 0 Å². The highest BCUT2D eigenvalue weighted by atomic mass is 16.5. The van der Waals surface area contributed by atoms with Crippen LogP contribution in [0.3, 0.4) is 0 Å². The molecule has 0 bridgehead atoms. The van der Waals surface area contributed by atoms with E-state index in [-0.39, 0.29) is 0 Å². The quantitative estimate of drug-likeness (QED) is 0.727. The van der Waals surface area contributed by atoms with Gasteiger partial charge in [0.2, 0.25) is 0 Å². The lowest BCUT2D eigenvalue weighted by Gasteiger charge is -2.31. The van der Waals surface area contributed by atoms with E-state index in [0.29, 0.717) is 18.1 Å². The van der Waals surface area contributed by atoms with E-state index in [9.17, 15) is 0 Å². The maximum atomic E-state index is 5.91. The Bertz CT molecular complexity index is 193. The molecule has 2 nitrogen and oxygen atoms in total. The molecule has 2 heteroatoms. The number of hydrogen-bond acceptors (Lipinski definition) is 2. The van der Waals surface area contributed by atoms with Gasteiger partial charge < -0.3 is 9.47 Å². The molecule has 0 saturated carbocycles. The molecule has 2 aliphatic heterocycles. The molecule has 0 amide bonds. The summed E-state index contributed by atoms with van der Waals surface area (Å²) < 4.78 is 11.7. The van der Waals surface area contributed by atoms with Crippen LogP contribution >= 0.6 is 0 Å². The summed E-state index contributed by atoms with van der Waals surface area (Å²) in [6.07, 6.45) is 13.4. The molecular weight excluding hydrogens is 212 g/mol. The Morgan fingerprint density at radius 1 is 1.06 bits per heavy atom. The van der Waals surface area contributed by atoms with E-state index in [1.807, 2.05) is 0 Å². The van der Waals surface area contributed by atoms with Crippen LogP contribution in [-0.4, -0.2) is 25.4 Å². The molecule has 0 aromatic carbocycles. The Hall–Kier alpha value is -0.0800. The summed E-state index contributed by atoms with van der Waals surface area (Å²) in [6.45, 7) is 4.22. The molecule has 2 saturated heterocycles. The molecule has 3 unspecified atom stereocenters. The zero-order valence-corrected chi connectivity index (χ0v) is 11.2. The normalized spacial score (nSPS) is 32.3. The number of hydrogen-bond donors (Lipinski definition) is 0. The van der Waals surface area contributed by atoms with Crippen molar-refractivity contribution in [2.75, 3.05) is 13.2 Å². The van der Waals surface area contributed by atoms with E-state index < -0.39 is 0 Å². The Morgan fingerprint density at radius 2 is 1.82 bits per heavy atom. The lowest BCUT2D eigenvalue weighted by atomic mass is 9.88. The second-order valence-corrected chi connectivity index (χ2v) is 5.45. The highest BCUT2D eigenvalue weighted by molar-refractivity contribution is 4.85. The SMILES string of the molecule is CCC(C[CH]C1CCCCO1)C1CCCCO1. The van der Waals surface area contributed by atoms with E-state index in [2.05, 4.69) is 13.3 Å². The fourth-order valence-electron chi connectivity index (χ4n) is 3.00. The fraction of sp³-hybridized carbons (Fsp3) is 0.933. The molecule has 3 atom stereocenters. The van der Waals surface area contributed by atoms with Gasteiger partial charge in [-0.3, -0.25) is 0 Å². The minimum Gasteiger partial charge on any atom is -0.378 e. The molecule has 1 radical (unpaired) electrons. The topological polar surface area (TPSA) is 18.5 Å². The predicted octanol–water partition coefficient (Wildman–Crippen LogP) is 3.75. The van der Waals surface area contributed by atoms with Gasteiger partial charge in [0.1, 0.15) is 0 Å². The van der Waals surface area contributed by atoms with E-state index in [4.69, 9.17) is 9.47 Å². The predicted molar refractivity (Wildman–Crippen MR) is 69.9 cm³/mol. The highest BCUT2D eigenvalue weighted by Crippen LogP contribution is 2.28. The lowest BCUT2D eigenvalue weighted by molar-refractivity contribution is -0.0261. The van der Waals surface area contributed by atoms with Crippen LogP contribution in [0.4, 0.5) is 0 Å². The van der Waals surface area contributed by atoms with Gasteiger partial charge in [0.25, 0.3) is 0 Å². The Morgan fingerprint density at radius 3 is 2.41 bits per heavy atom. The highest BCUT2D eigenvalue weighted by Gasteiger charge is 2.24. The van der Waals surface area contributed by atoms with Crippen LogP contribution in [0.15, 0.2) is 0 Å². The summed E-state index contributed by atoms with van der Waals surface area (Å²) in [5.41, 5.74) is 0. The first kappa shape index (κ1) is 13.4. The van der Waals surface area contributed by atoms with Crippen LogP contribution in [0.5, 0.6) is 0 Å².